The quantitative estimate of drug-likeness (QED) is 0.834. The van der Waals surface area contributed by atoms with Crippen LogP contribution in [-0.4, -0.2) is 19.5 Å². The summed E-state index contributed by atoms with van der Waals surface area (Å²) in [4.78, 5) is 9.27. The summed E-state index contributed by atoms with van der Waals surface area (Å²) in [7, 11) is 0. The number of rotatable bonds is 2. The Kier molecular flexibility index (Phi) is 2.83. The van der Waals surface area contributed by atoms with E-state index in [1.54, 1.807) is 0 Å². The minimum absolute atomic E-state index is 0.325. The molecule has 2 aromatic rings. The minimum atomic E-state index is 0.325. The van der Waals surface area contributed by atoms with E-state index in [0.29, 0.717) is 10.7 Å². The third kappa shape index (κ3) is 1.90. The molecule has 0 unspecified atom stereocenters. The van der Waals surface area contributed by atoms with E-state index in [9.17, 15) is 0 Å². The summed E-state index contributed by atoms with van der Waals surface area (Å²) >= 11 is 4.96. The Hall–Kier alpha value is -1.75. The third-order valence-corrected chi connectivity index (χ3v) is 3.47. The molecule has 0 saturated heterocycles. The number of thiocarbonyl (C=S) groups is 1. The van der Waals surface area contributed by atoms with Crippen LogP contribution in [0.15, 0.2) is 24.5 Å². The molecule has 1 aliphatic carbocycles. The van der Waals surface area contributed by atoms with Gasteiger partial charge in [-0.05, 0) is 37.8 Å². The first-order chi connectivity index (χ1) is 8.75. The number of aromatic nitrogens is 3. The summed E-state index contributed by atoms with van der Waals surface area (Å²) in [6, 6.07) is 5.71. The molecular weight excluding hydrogens is 244 g/mol. The second-order valence-corrected chi connectivity index (χ2v) is 4.90. The van der Waals surface area contributed by atoms with Crippen molar-refractivity contribution in [3.8, 4) is 5.82 Å². The van der Waals surface area contributed by atoms with Gasteiger partial charge in [-0.1, -0.05) is 18.3 Å². The molecule has 2 N–H and O–H groups in total. The number of nitrogens with two attached hydrogens (primary N) is 1. The molecule has 0 aliphatic heterocycles. The van der Waals surface area contributed by atoms with Crippen LogP contribution >= 0.6 is 12.2 Å². The van der Waals surface area contributed by atoms with Gasteiger partial charge < -0.3 is 5.73 Å². The number of fused-ring (bicyclic) bond motifs is 1. The molecule has 18 heavy (non-hydrogen) atoms. The van der Waals surface area contributed by atoms with E-state index in [1.807, 2.05) is 24.5 Å². The number of hydrogen-bond donors (Lipinski definition) is 1. The van der Waals surface area contributed by atoms with Crippen LogP contribution in [0.25, 0.3) is 5.82 Å². The van der Waals surface area contributed by atoms with Gasteiger partial charge in [0, 0.05) is 5.69 Å². The highest BCUT2D eigenvalue weighted by atomic mass is 32.1. The normalized spacial score (nSPS) is 14.2. The first-order valence-electron chi connectivity index (χ1n) is 6.08. The second-order valence-electron chi connectivity index (χ2n) is 4.46. The van der Waals surface area contributed by atoms with E-state index in [4.69, 9.17) is 18.0 Å². The number of nitrogens with zero attached hydrogens (tertiary/aromatic N) is 3. The summed E-state index contributed by atoms with van der Waals surface area (Å²) in [6.45, 7) is 0. The van der Waals surface area contributed by atoms with Crippen molar-refractivity contribution < 1.29 is 0 Å². The molecule has 2 aromatic heterocycles. The molecule has 0 radical (unpaired) electrons. The van der Waals surface area contributed by atoms with Crippen LogP contribution < -0.4 is 5.73 Å². The number of hydrogen-bond acceptors (Lipinski definition) is 3. The molecular formula is C13H14N4S. The van der Waals surface area contributed by atoms with Crippen molar-refractivity contribution in [1.82, 2.24) is 14.5 Å². The fourth-order valence-electron chi connectivity index (χ4n) is 2.36. The molecule has 0 saturated carbocycles. The van der Waals surface area contributed by atoms with E-state index in [-0.39, 0.29) is 0 Å². The van der Waals surface area contributed by atoms with Gasteiger partial charge in [-0.25, -0.2) is 9.97 Å². The van der Waals surface area contributed by atoms with Gasteiger partial charge in [-0.2, -0.15) is 0 Å². The average Bonchev–Trinajstić information content (AvgIpc) is 2.82. The van der Waals surface area contributed by atoms with Crippen LogP contribution in [0.2, 0.25) is 0 Å². The highest BCUT2D eigenvalue weighted by Gasteiger charge is 2.16. The van der Waals surface area contributed by atoms with Crippen LogP contribution in [0, 0.1) is 0 Å². The highest BCUT2D eigenvalue weighted by Crippen LogP contribution is 2.22. The first kappa shape index (κ1) is 11.3. The third-order valence-electron chi connectivity index (χ3n) is 3.26. The number of aryl methyl sites for hydroxylation is 1. The molecule has 5 heteroatoms. The van der Waals surface area contributed by atoms with Crippen molar-refractivity contribution in [3.63, 3.8) is 0 Å². The Balaban J connectivity index is 2.07. The first-order valence-corrected chi connectivity index (χ1v) is 6.49. The Morgan fingerprint density at radius 3 is 2.94 bits per heavy atom. The van der Waals surface area contributed by atoms with E-state index in [1.165, 1.54) is 24.2 Å². The smallest absolute Gasteiger partial charge is 0.138 e. The highest BCUT2D eigenvalue weighted by molar-refractivity contribution is 7.80. The van der Waals surface area contributed by atoms with Gasteiger partial charge in [0.05, 0.1) is 11.4 Å². The fraction of sp³-hybridized carbons (Fsp3) is 0.308. The predicted octanol–water partition coefficient (Wildman–Crippen LogP) is 1.78. The van der Waals surface area contributed by atoms with Crippen molar-refractivity contribution >= 4 is 17.2 Å². The lowest BCUT2D eigenvalue weighted by Crippen LogP contribution is -2.14. The van der Waals surface area contributed by atoms with Crippen LogP contribution in [0.4, 0.5) is 0 Å². The van der Waals surface area contributed by atoms with Crippen molar-refractivity contribution in [1.29, 1.82) is 0 Å². The zero-order chi connectivity index (χ0) is 12.5. The van der Waals surface area contributed by atoms with Crippen LogP contribution in [0.5, 0.6) is 0 Å². The zero-order valence-electron chi connectivity index (χ0n) is 9.97. The molecule has 0 atom stereocenters. The van der Waals surface area contributed by atoms with E-state index in [0.717, 1.165) is 18.7 Å². The molecule has 3 rings (SSSR count). The minimum Gasteiger partial charge on any atom is -0.388 e. The second kappa shape index (κ2) is 4.49. The predicted molar refractivity (Wildman–Crippen MR) is 73.9 cm³/mol. The van der Waals surface area contributed by atoms with E-state index >= 15 is 0 Å². The Bertz CT molecular complexity index is 603. The molecule has 2 heterocycles. The van der Waals surface area contributed by atoms with Gasteiger partial charge in [0.2, 0.25) is 0 Å². The number of imidazole rings is 1. The number of pyridine rings is 1. The van der Waals surface area contributed by atoms with Crippen LogP contribution in [0.3, 0.4) is 0 Å². The summed E-state index contributed by atoms with van der Waals surface area (Å²) in [5.74, 6) is 0.843. The summed E-state index contributed by atoms with van der Waals surface area (Å²) in [5, 5.41) is 0. The lowest BCUT2D eigenvalue weighted by atomic mass is 10.0. The molecule has 92 valence electrons. The van der Waals surface area contributed by atoms with Crippen LogP contribution in [0.1, 0.15) is 29.9 Å². The standard InChI is InChI=1S/C13H14N4S/c14-13(18)10-5-3-7-12(16-10)17-8-15-9-4-1-2-6-11(9)17/h3,5,7-8H,1-2,4,6H2,(H2,14,18). The van der Waals surface area contributed by atoms with Crippen molar-refractivity contribution in [2.45, 2.75) is 25.7 Å². The van der Waals surface area contributed by atoms with E-state index in [2.05, 4.69) is 14.5 Å². The van der Waals surface area contributed by atoms with Gasteiger partial charge in [0.15, 0.2) is 0 Å². The lowest BCUT2D eigenvalue weighted by molar-refractivity contribution is 0.654. The largest absolute Gasteiger partial charge is 0.388 e. The van der Waals surface area contributed by atoms with E-state index < -0.39 is 0 Å². The monoisotopic (exact) mass is 258 g/mol. The maximum atomic E-state index is 5.62. The SMILES string of the molecule is NC(=S)c1cccc(-n2cnc3c2CCCC3)n1. The van der Waals surface area contributed by atoms with Gasteiger partial charge >= 0.3 is 0 Å². The lowest BCUT2D eigenvalue weighted by Gasteiger charge is -2.13. The van der Waals surface area contributed by atoms with Gasteiger partial charge in [-0.3, -0.25) is 4.57 Å². The summed E-state index contributed by atoms with van der Waals surface area (Å²) in [5.41, 5.74) is 8.74. The Morgan fingerprint density at radius 1 is 1.28 bits per heavy atom. The Labute approximate surface area is 111 Å². The topological polar surface area (TPSA) is 56.7 Å². The maximum Gasteiger partial charge on any atom is 0.138 e. The van der Waals surface area contributed by atoms with Crippen molar-refractivity contribution in [2.75, 3.05) is 0 Å². The summed E-state index contributed by atoms with van der Waals surface area (Å²) in [6.07, 6.45) is 6.42. The molecule has 0 fully saturated rings. The fourth-order valence-corrected chi connectivity index (χ4v) is 2.47. The molecule has 0 bridgehead atoms. The average molecular weight is 258 g/mol. The van der Waals surface area contributed by atoms with Gasteiger partial charge in [0.25, 0.3) is 0 Å². The zero-order valence-corrected chi connectivity index (χ0v) is 10.8. The van der Waals surface area contributed by atoms with Gasteiger partial charge in [0.1, 0.15) is 17.1 Å². The molecule has 0 aromatic carbocycles. The van der Waals surface area contributed by atoms with Crippen LogP contribution in [-0.2, 0) is 12.8 Å². The van der Waals surface area contributed by atoms with Crippen molar-refractivity contribution in [3.05, 3.63) is 41.6 Å². The van der Waals surface area contributed by atoms with Crippen molar-refractivity contribution in [2.24, 2.45) is 5.73 Å². The molecule has 0 spiro atoms. The maximum absolute atomic E-state index is 5.62. The Morgan fingerprint density at radius 2 is 2.11 bits per heavy atom. The molecule has 0 amide bonds. The summed E-state index contributed by atoms with van der Waals surface area (Å²) < 4.78 is 2.05. The molecule has 1 aliphatic rings. The molecule has 4 nitrogen and oxygen atoms in total. The van der Waals surface area contributed by atoms with Gasteiger partial charge in [-0.15, -0.1) is 0 Å².